The summed E-state index contributed by atoms with van der Waals surface area (Å²) >= 11 is 4.86. The molecule has 0 fully saturated rings. The molecule has 2 aliphatic rings. The number of hydrogen-bond donors (Lipinski definition) is 2. The topological polar surface area (TPSA) is 69.7 Å². The third-order valence-electron chi connectivity index (χ3n) is 9.43. The molecule has 244 valence electrons. The van der Waals surface area contributed by atoms with Gasteiger partial charge in [0.2, 0.25) is 0 Å². The second kappa shape index (κ2) is 14.9. The van der Waals surface area contributed by atoms with Crippen LogP contribution in [-0.4, -0.2) is 25.1 Å². The van der Waals surface area contributed by atoms with E-state index in [4.69, 9.17) is 22.2 Å². The van der Waals surface area contributed by atoms with Gasteiger partial charge in [0.1, 0.15) is 0 Å². The van der Waals surface area contributed by atoms with Crippen molar-refractivity contribution in [1.82, 2.24) is 19.9 Å². The van der Waals surface area contributed by atoms with Crippen molar-refractivity contribution in [2.24, 2.45) is 4.99 Å². The summed E-state index contributed by atoms with van der Waals surface area (Å²) in [6.07, 6.45) is 17.4. The fourth-order valence-electron chi connectivity index (χ4n) is 6.92. The minimum atomic E-state index is 0.773. The van der Waals surface area contributed by atoms with Crippen LogP contribution in [0.3, 0.4) is 0 Å². The van der Waals surface area contributed by atoms with Crippen molar-refractivity contribution in [3.63, 3.8) is 0 Å². The molecular formula is C43H41N5S. The van der Waals surface area contributed by atoms with Crippen LogP contribution >= 0.6 is 12.2 Å². The van der Waals surface area contributed by atoms with Crippen molar-refractivity contribution in [3.05, 3.63) is 113 Å². The molecular weight excluding hydrogens is 619 g/mol. The van der Waals surface area contributed by atoms with E-state index in [2.05, 4.69) is 125 Å². The number of aryl methyl sites for hydroxylation is 2. The Morgan fingerprint density at radius 1 is 0.551 bits per heavy atom. The number of aromatic amines is 2. The first kappa shape index (κ1) is 32.4. The number of nitrogens with one attached hydrogen (secondary N) is 2. The number of benzene rings is 2. The molecule has 2 aliphatic heterocycles. The molecule has 8 bridgehead atoms. The van der Waals surface area contributed by atoms with E-state index >= 15 is 0 Å². The van der Waals surface area contributed by atoms with E-state index in [1.807, 2.05) is 12.1 Å². The van der Waals surface area contributed by atoms with Gasteiger partial charge in [-0.1, -0.05) is 82.0 Å². The van der Waals surface area contributed by atoms with Gasteiger partial charge in [-0.25, -0.2) is 9.97 Å². The van der Waals surface area contributed by atoms with E-state index in [-0.39, 0.29) is 0 Å². The Morgan fingerprint density at radius 3 is 1.55 bits per heavy atom. The lowest BCUT2D eigenvalue weighted by molar-refractivity contribution is 0.717. The van der Waals surface area contributed by atoms with Crippen LogP contribution in [0.5, 0.6) is 0 Å². The summed E-state index contributed by atoms with van der Waals surface area (Å²) in [6, 6.07) is 27.7. The first-order valence-corrected chi connectivity index (χ1v) is 18.0. The molecule has 5 nitrogen and oxygen atoms in total. The van der Waals surface area contributed by atoms with E-state index < -0.39 is 0 Å². The third kappa shape index (κ3) is 6.89. The minimum Gasteiger partial charge on any atom is -0.355 e. The predicted molar refractivity (Wildman–Crippen MR) is 211 cm³/mol. The number of aliphatic imine (C=N–C) groups is 1. The largest absolute Gasteiger partial charge is 0.355 e. The first-order chi connectivity index (χ1) is 24.2. The van der Waals surface area contributed by atoms with Gasteiger partial charge in [-0.15, -0.1) is 0 Å². The molecule has 0 unspecified atom stereocenters. The quantitative estimate of drug-likeness (QED) is 0.0825. The van der Waals surface area contributed by atoms with Crippen molar-refractivity contribution in [2.75, 3.05) is 0 Å². The highest BCUT2D eigenvalue weighted by atomic mass is 32.1. The molecule has 0 saturated heterocycles. The molecule has 7 rings (SSSR count). The molecule has 5 aromatic rings. The number of aromatic nitrogens is 4. The lowest BCUT2D eigenvalue weighted by Crippen LogP contribution is -1.94. The summed E-state index contributed by atoms with van der Waals surface area (Å²) in [4.78, 5) is 22.6. The van der Waals surface area contributed by atoms with Crippen LogP contribution in [0, 0.1) is 0 Å². The van der Waals surface area contributed by atoms with Crippen LogP contribution in [0.1, 0.15) is 86.3 Å². The Bertz CT molecular complexity index is 2140. The summed E-state index contributed by atoms with van der Waals surface area (Å²) in [6.45, 7) is 4.50. The van der Waals surface area contributed by atoms with E-state index in [0.29, 0.717) is 0 Å². The summed E-state index contributed by atoms with van der Waals surface area (Å²) in [5.41, 5.74) is 15.7. The molecule has 6 heteroatoms. The standard InChI is InChI=1S/C43H41N5S/c1-3-5-8-14-32-34-20-24-38(45-34)42(29-12-10-7-11-13-29)39-25-21-35(46-39)33(15-9-6-4-2)37-23-27-41(48-37)43(40-26-22-36(32)47-40)30-16-18-31(19-17-30)44-28-49/h7,10-13,16-27,45-46H,3-6,8-9,14-15H2,1-2H3. The Hall–Kier alpha value is -5.16. The average Bonchev–Trinajstić information content (AvgIpc) is 3.96. The van der Waals surface area contributed by atoms with Crippen molar-refractivity contribution in [3.8, 4) is 22.3 Å². The Labute approximate surface area is 293 Å². The summed E-state index contributed by atoms with van der Waals surface area (Å²) in [7, 11) is 0. The molecule has 0 radical (unpaired) electrons. The van der Waals surface area contributed by atoms with Gasteiger partial charge in [0.15, 0.2) is 0 Å². The van der Waals surface area contributed by atoms with Crippen LogP contribution in [0.15, 0.2) is 83.9 Å². The van der Waals surface area contributed by atoms with Gasteiger partial charge in [0, 0.05) is 44.3 Å². The Morgan fingerprint density at radius 2 is 1.04 bits per heavy atom. The maximum atomic E-state index is 5.35. The van der Waals surface area contributed by atoms with E-state index in [9.17, 15) is 0 Å². The number of unbranched alkanes of at least 4 members (excludes halogenated alkanes) is 4. The van der Waals surface area contributed by atoms with Gasteiger partial charge in [-0.05, 0) is 110 Å². The molecule has 5 heterocycles. The summed E-state index contributed by atoms with van der Waals surface area (Å²) < 4.78 is 0. The number of hydrogen-bond acceptors (Lipinski definition) is 4. The zero-order chi connectivity index (χ0) is 33.6. The van der Waals surface area contributed by atoms with Gasteiger partial charge in [0.05, 0.1) is 33.6 Å². The number of thiocarbonyl (C=S) groups is 1. The van der Waals surface area contributed by atoms with Gasteiger partial charge >= 0.3 is 0 Å². The lowest BCUT2D eigenvalue weighted by atomic mass is 10.0. The smallest absolute Gasteiger partial charge is 0.0739 e. The van der Waals surface area contributed by atoms with Gasteiger partial charge in [-0.2, -0.15) is 4.99 Å². The highest BCUT2D eigenvalue weighted by Crippen LogP contribution is 2.35. The molecule has 0 amide bonds. The normalized spacial score (nSPS) is 12.0. The van der Waals surface area contributed by atoms with Crippen LogP contribution in [-0.2, 0) is 12.8 Å². The maximum Gasteiger partial charge on any atom is 0.0739 e. The number of fused-ring (bicyclic) bond motifs is 8. The Balaban J connectivity index is 1.59. The van der Waals surface area contributed by atoms with Crippen LogP contribution in [0.2, 0.25) is 0 Å². The minimum absolute atomic E-state index is 0.773. The lowest BCUT2D eigenvalue weighted by Gasteiger charge is -2.07. The molecule has 0 atom stereocenters. The van der Waals surface area contributed by atoms with Gasteiger partial charge in [-0.3, -0.25) is 0 Å². The third-order valence-corrected chi connectivity index (χ3v) is 9.52. The molecule has 2 aromatic carbocycles. The second-order valence-electron chi connectivity index (χ2n) is 12.7. The van der Waals surface area contributed by atoms with E-state index in [1.165, 1.54) is 24.0 Å². The average molecular weight is 660 g/mol. The SMILES string of the molecule is CCCCCc1c2nc(c(-c3ccc(N=C=S)cc3)c3nc(c(CCCCC)c4ccc([nH]4)c(-c4ccccc4)c4ccc1[nH]4)C=C3)C=C2. The van der Waals surface area contributed by atoms with Crippen LogP contribution in [0.25, 0.3) is 68.6 Å². The zero-order valence-corrected chi connectivity index (χ0v) is 29.0. The van der Waals surface area contributed by atoms with E-state index in [0.717, 1.165) is 111 Å². The first-order valence-electron chi connectivity index (χ1n) is 17.5. The summed E-state index contributed by atoms with van der Waals surface area (Å²) in [5.74, 6) is 0. The molecule has 3 aromatic heterocycles. The van der Waals surface area contributed by atoms with Gasteiger partial charge < -0.3 is 9.97 Å². The predicted octanol–water partition coefficient (Wildman–Crippen LogP) is 12.2. The maximum absolute atomic E-state index is 5.35. The highest BCUT2D eigenvalue weighted by Gasteiger charge is 2.18. The van der Waals surface area contributed by atoms with Crippen molar-refractivity contribution in [2.45, 2.75) is 65.2 Å². The second-order valence-corrected chi connectivity index (χ2v) is 12.9. The number of H-pyrrole nitrogens is 2. The van der Waals surface area contributed by atoms with Crippen molar-refractivity contribution < 1.29 is 0 Å². The van der Waals surface area contributed by atoms with Crippen LogP contribution < -0.4 is 0 Å². The molecule has 49 heavy (non-hydrogen) atoms. The number of isothiocyanates is 1. The number of nitrogens with zero attached hydrogens (tertiary/aromatic N) is 3. The molecule has 0 spiro atoms. The monoisotopic (exact) mass is 659 g/mol. The fraction of sp³-hybridized carbons (Fsp3) is 0.233. The zero-order valence-electron chi connectivity index (χ0n) is 28.2. The molecule has 0 saturated carbocycles. The van der Waals surface area contributed by atoms with Crippen molar-refractivity contribution in [1.29, 1.82) is 0 Å². The van der Waals surface area contributed by atoms with Gasteiger partial charge in [0.25, 0.3) is 0 Å². The molecule has 0 aliphatic carbocycles. The summed E-state index contributed by atoms with van der Waals surface area (Å²) in [5, 5.41) is 2.48. The van der Waals surface area contributed by atoms with E-state index in [1.54, 1.807) is 0 Å². The molecule has 2 N–H and O–H groups in total. The Kier molecular flexibility index (Phi) is 9.88. The van der Waals surface area contributed by atoms with Crippen molar-refractivity contribution >= 4 is 69.4 Å². The highest BCUT2D eigenvalue weighted by molar-refractivity contribution is 7.78. The number of rotatable bonds is 11. The fourth-order valence-corrected chi connectivity index (χ4v) is 7.03. The van der Waals surface area contributed by atoms with Crippen LogP contribution in [0.4, 0.5) is 5.69 Å².